The van der Waals surface area contributed by atoms with Crippen LogP contribution in [0.25, 0.3) is 0 Å². The Labute approximate surface area is 96.0 Å². The zero-order chi connectivity index (χ0) is 11.3. The molecular formula is C10H9BrN2O2. The quantitative estimate of drug-likeness (QED) is 0.915. The molecule has 15 heavy (non-hydrogen) atoms. The van der Waals surface area contributed by atoms with Crippen molar-refractivity contribution in [2.45, 2.75) is 6.42 Å². The number of anilines is 1. The number of benzene rings is 1. The predicted octanol–water partition coefficient (Wildman–Crippen LogP) is 2.31. The van der Waals surface area contributed by atoms with E-state index in [1.54, 1.807) is 31.4 Å². The number of rotatable bonds is 3. The Balaban J connectivity index is 2.76. The maximum atomic E-state index is 11.1. The Bertz CT molecular complexity index is 412. The molecule has 0 fully saturated rings. The molecule has 0 radical (unpaired) electrons. The topological polar surface area (TPSA) is 62.1 Å². The molecule has 0 aliphatic heterocycles. The minimum atomic E-state index is -0.324. The summed E-state index contributed by atoms with van der Waals surface area (Å²) in [5, 5.41) is 10.9. The Hall–Kier alpha value is -1.54. The van der Waals surface area contributed by atoms with E-state index in [0.717, 1.165) is 4.47 Å². The molecule has 1 amide bonds. The minimum absolute atomic E-state index is 0.149. The summed E-state index contributed by atoms with van der Waals surface area (Å²) in [6.07, 6.45) is -0.149. The van der Waals surface area contributed by atoms with Gasteiger partial charge in [-0.2, -0.15) is 5.26 Å². The smallest absolute Gasteiger partial charge is 0.238 e. The lowest BCUT2D eigenvalue weighted by Crippen LogP contribution is -2.09. The van der Waals surface area contributed by atoms with Crippen molar-refractivity contribution in [3.63, 3.8) is 0 Å². The number of hydrogen-bond acceptors (Lipinski definition) is 3. The van der Waals surface area contributed by atoms with Gasteiger partial charge in [0.05, 0.1) is 17.7 Å². The van der Waals surface area contributed by atoms with Gasteiger partial charge in [0.25, 0.3) is 0 Å². The van der Waals surface area contributed by atoms with Crippen molar-refractivity contribution in [2.24, 2.45) is 0 Å². The average Bonchev–Trinajstić information content (AvgIpc) is 2.18. The van der Waals surface area contributed by atoms with E-state index >= 15 is 0 Å². The van der Waals surface area contributed by atoms with E-state index in [4.69, 9.17) is 10.00 Å². The van der Waals surface area contributed by atoms with Gasteiger partial charge in [-0.05, 0) is 34.1 Å². The van der Waals surface area contributed by atoms with Gasteiger partial charge < -0.3 is 10.1 Å². The number of nitrogens with zero attached hydrogens (tertiary/aromatic N) is 1. The monoisotopic (exact) mass is 268 g/mol. The first-order chi connectivity index (χ1) is 7.17. The van der Waals surface area contributed by atoms with Gasteiger partial charge >= 0.3 is 0 Å². The van der Waals surface area contributed by atoms with E-state index in [1.807, 2.05) is 0 Å². The summed E-state index contributed by atoms with van der Waals surface area (Å²) in [7, 11) is 1.56. The van der Waals surface area contributed by atoms with Gasteiger partial charge in [-0.25, -0.2) is 0 Å². The van der Waals surface area contributed by atoms with Crippen LogP contribution in [0.4, 0.5) is 5.69 Å². The minimum Gasteiger partial charge on any atom is -0.496 e. The zero-order valence-electron chi connectivity index (χ0n) is 8.08. The van der Waals surface area contributed by atoms with E-state index in [9.17, 15) is 4.79 Å². The lowest BCUT2D eigenvalue weighted by Gasteiger charge is -2.06. The summed E-state index contributed by atoms with van der Waals surface area (Å²) in [5.41, 5.74) is 0.628. The molecule has 1 N–H and O–H groups in total. The van der Waals surface area contributed by atoms with Crippen molar-refractivity contribution >= 4 is 27.5 Å². The molecule has 0 atom stereocenters. The molecule has 1 rings (SSSR count). The summed E-state index contributed by atoms with van der Waals surface area (Å²) in [6, 6.07) is 6.93. The molecule has 0 aromatic heterocycles. The van der Waals surface area contributed by atoms with E-state index in [-0.39, 0.29) is 12.3 Å². The van der Waals surface area contributed by atoms with E-state index in [1.165, 1.54) is 0 Å². The number of nitrogens with one attached hydrogen (secondary N) is 1. The molecule has 0 spiro atoms. The molecule has 0 aliphatic rings. The van der Waals surface area contributed by atoms with Crippen LogP contribution in [0.2, 0.25) is 0 Å². The summed E-state index contributed by atoms with van der Waals surface area (Å²) in [6.45, 7) is 0. The highest BCUT2D eigenvalue weighted by Crippen LogP contribution is 2.27. The molecule has 0 saturated heterocycles. The fraction of sp³-hybridized carbons (Fsp3) is 0.200. The normalized spacial score (nSPS) is 9.13. The Morgan fingerprint density at radius 3 is 2.93 bits per heavy atom. The van der Waals surface area contributed by atoms with Gasteiger partial charge in [-0.3, -0.25) is 4.79 Å². The number of nitriles is 1. The number of ether oxygens (including phenoxy) is 1. The molecule has 0 saturated carbocycles. The summed E-state index contributed by atoms with van der Waals surface area (Å²) < 4.78 is 5.79. The van der Waals surface area contributed by atoms with Crippen LogP contribution < -0.4 is 10.1 Å². The Kier molecular flexibility index (Phi) is 4.13. The molecular weight excluding hydrogens is 260 g/mol. The van der Waals surface area contributed by atoms with Crippen molar-refractivity contribution in [3.8, 4) is 11.8 Å². The van der Waals surface area contributed by atoms with Crippen molar-refractivity contribution in [1.29, 1.82) is 5.26 Å². The van der Waals surface area contributed by atoms with Crippen molar-refractivity contribution < 1.29 is 9.53 Å². The summed E-state index contributed by atoms with van der Waals surface area (Å²) in [4.78, 5) is 11.1. The van der Waals surface area contributed by atoms with Gasteiger partial charge in [0, 0.05) is 5.69 Å². The average molecular weight is 269 g/mol. The molecule has 0 aliphatic carbocycles. The SMILES string of the molecule is COc1ccc(NC(=O)CC#N)cc1Br. The highest BCUT2D eigenvalue weighted by Gasteiger charge is 2.04. The standard InChI is InChI=1S/C10H9BrN2O2/c1-15-9-3-2-7(6-8(9)11)13-10(14)4-5-12/h2-3,6H,4H2,1H3,(H,13,14). The Morgan fingerprint density at radius 1 is 1.67 bits per heavy atom. The predicted molar refractivity (Wildman–Crippen MR) is 59.6 cm³/mol. The van der Waals surface area contributed by atoms with Crippen molar-refractivity contribution in [1.82, 2.24) is 0 Å². The Morgan fingerprint density at radius 2 is 2.40 bits per heavy atom. The van der Waals surface area contributed by atoms with Crippen LogP contribution in [0.1, 0.15) is 6.42 Å². The number of methoxy groups -OCH3 is 1. The largest absolute Gasteiger partial charge is 0.496 e. The third kappa shape index (κ3) is 3.26. The zero-order valence-corrected chi connectivity index (χ0v) is 9.67. The molecule has 5 heteroatoms. The van der Waals surface area contributed by atoms with Crippen LogP contribution in [-0.4, -0.2) is 13.0 Å². The summed E-state index contributed by atoms with van der Waals surface area (Å²) >= 11 is 3.29. The maximum absolute atomic E-state index is 11.1. The maximum Gasteiger partial charge on any atom is 0.238 e. The lowest BCUT2D eigenvalue weighted by molar-refractivity contribution is -0.115. The van der Waals surface area contributed by atoms with Crippen LogP contribution in [0.5, 0.6) is 5.75 Å². The second-order valence-electron chi connectivity index (χ2n) is 2.73. The van der Waals surface area contributed by atoms with Crippen molar-refractivity contribution in [2.75, 3.05) is 12.4 Å². The second kappa shape index (κ2) is 5.37. The van der Waals surface area contributed by atoms with Gasteiger partial charge in [-0.1, -0.05) is 0 Å². The van der Waals surface area contributed by atoms with Crippen LogP contribution >= 0.6 is 15.9 Å². The number of halogens is 1. The lowest BCUT2D eigenvalue weighted by atomic mass is 10.3. The highest BCUT2D eigenvalue weighted by molar-refractivity contribution is 9.10. The van der Waals surface area contributed by atoms with Crippen LogP contribution in [0.15, 0.2) is 22.7 Å². The fourth-order valence-electron chi connectivity index (χ4n) is 1.02. The third-order valence-electron chi connectivity index (χ3n) is 1.68. The summed E-state index contributed by atoms with van der Waals surface area (Å²) in [5.74, 6) is 0.364. The van der Waals surface area contributed by atoms with Gasteiger partial charge in [0.1, 0.15) is 12.2 Å². The molecule has 1 aromatic carbocycles. The molecule has 1 aromatic rings. The number of carbonyl (C=O) groups excluding carboxylic acids is 1. The number of hydrogen-bond donors (Lipinski definition) is 1. The molecule has 0 heterocycles. The van der Waals surface area contributed by atoms with Crippen LogP contribution in [0.3, 0.4) is 0 Å². The number of amides is 1. The third-order valence-corrected chi connectivity index (χ3v) is 2.29. The van der Waals surface area contributed by atoms with Gasteiger partial charge in [-0.15, -0.1) is 0 Å². The number of carbonyl (C=O) groups is 1. The van der Waals surface area contributed by atoms with E-state index in [2.05, 4.69) is 21.2 Å². The molecule has 0 unspecified atom stereocenters. The van der Waals surface area contributed by atoms with Gasteiger partial charge in [0.15, 0.2) is 0 Å². The van der Waals surface area contributed by atoms with Gasteiger partial charge in [0.2, 0.25) is 5.91 Å². The molecule has 4 nitrogen and oxygen atoms in total. The van der Waals surface area contributed by atoms with Crippen LogP contribution in [-0.2, 0) is 4.79 Å². The van der Waals surface area contributed by atoms with E-state index < -0.39 is 0 Å². The highest BCUT2D eigenvalue weighted by atomic mass is 79.9. The van der Waals surface area contributed by atoms with E-state index in [0.29, 0.717) is 11.4 Å². The second-order valence-corrected chi connectivity index (χ2v) is 3.59. The van der Waals surface area contributed by atoms with Crippen LogP contribution in [0, 0.1) is 11.3 Å². The van der Waals surface area contributed by atoms with Crippen molar-refractivity contribution in [3.05, 3.63) is 22.7 Å². The molecule has 78 valence electrons. The fourth-order valence-corrected chi connectivity index (χ4v) is 1.56. The first-order valence-corrected chi connectivity index (χ1v) is 4.97. The molecule has 0 bridgehead atoms. The first kappa shape index (κ1) is 11.5. The first-order valence-electron chi connectivity index (χ1n) is 4.17.